The van der Waals surface area contributed by atoms with Gasteiger partial charge in [0, 0.05) is 31.3 Å². The molecule has 0 aromatic heterocycles. The van der Waals surface area contributed by atoms with Crippen LogP contribution in [-0.2, 0) is 48.9 Å². The van der Waals surface area contributed by atoms with Gasteiger partial charge in [0.25, 0.3) is 0 Å². The second-order valence-corrected chi connectivity index (χ2v) is 21.7. The van der Waals surface area contributed by atoms with Crippen LogP contribution in [0.3, 0.4) is 0 Å². The largest absolute Gasteiger partial charge is 0.497 e. The minimum atomic E-state index is -2.49. The molecule has 2 aliphatic rings. The van der Waals surface area contributed by atoms with E-state index in [4.69, 9.17) is 47.1 Å². The lowest BCUT2D eigenvalue weighted by Crippen LogP contribution is -2.66. The molecule has 13 nitrogen and oxygen atoms in total. The summed E-state index contributed by atoms with van der Waals surface area (Å²) in [5.41, 5.74) is 11.0. The minimum absolute atomic E-state index is 0.122. The standard InChI is InChI=1S/C44H79N3O10Si/c1-13-17-25-49-30-35-38(50-26-18-14-2)40(51-27-19-15-3)41(52-28-20-16-4)43(55-35)56-37-32(7)54-42(57-58(11,12)44(8,9)31(5)6)36(46-47-45)39(37)53-29-33-21-23-34(48-10)24-22-33/h21-24,31-32,35-43H,13-20,25-30H2,1-12H3/t32-,35?,36?,37?,38+,39?,40?,41?,42+,43-/m0/s1. The average molecular weight is 838 g/mol. The van der Waals surface area contributed by atoms with Gasteiger partial charge >= 0.3 is 0 Å². The zero-order valence-corrected chi connectivity index (χ0v) is 39.0. The van der Waals surface area contributed by atoms with Crippen LogP contribution in [-0.4, -0.2) is 110 Å². The van der Waals surface area contributed by atoms with Crippen molar-refractivity contribution < 1.29 is 47.1 Å². The molecular formula is C44H79N3O10Si. The summed E-state index contributed by atoms with van der Waals surface area (Å²) < 4.78 is 66.2. The molecule has 0 bridgehead atoms. The smallest absolute Gasteiger partial charge is 0.196 e. The molecule has 14 heteroatoms. The molecule has 6 unspecified atom stereocenters. The fraction of sp³-hybridized carbons (Fsp3) is 0.864. The van der Waals surface area contributed by atoms with Crippen LogP contribution in [0.15, 0.2) is 29.4 Å². The molecule has 0 aliphatic carbocycles. The molecule has 2 saturated heterocycles. The molecule has 10 atom stereocenters. The van der Waals surface area contributed by atoms with Crippen molar-refractivity contribution in [3.8, 4) is 5.75 Å². The number of rotatable bonds is 28. The van der Waals surface area contributed by atoms with E-state index < -0.39 is 69.7 Å². The van der Waals surface area contributed by atoms with Crippen molar-refractivity contribution in [1.29, 1.82) is 0 Å². The van der Waals surface area contributed by atoms with Crippen molar-refractivity contribution in [2.24, 2.45) is 11.0 Å². The summed E-state index contributed by atoms with van der Waals surface area (Å²) in [4.78, 5) is 3.32. The van der Waals surface area contributed by atoms with Gasteiger partial charge in [-0.15, -0.1) is 0 Å². The number of azide groups is 1. The first-order chi connectivity index (χ1) is 27.8. The third-order valence-corrected chi connectivity index (χ3v) is 16.7. The maximum absolute atomic E-state index is 10.0. The third kappa shape index (κ3) is 14.4. The Morgan fingerprint density at radius 2 is 1.33 bits per heavy atom. The lowest BCUT2D eigenvalue weighted by atomic mass is 9.95. The predicted octanol–water partition coefficient (Wildman–Crippen LogP) is 10.1. The van der Waals surface area contributed by atoms with Gasteiger partial charge in [-0.3, -0.25) is 0 Å². The Labute approximate surface area is 351 Å². The first kappa shape index (κ1) is 50.5. The zero-order chi connectivity index (χ0) is 42.7. The van der Waals surface area contributed by atoms with Gasteiger partial charge in [-0.2, -0.15) is 0 Å². The van der Waals surface area contributed by atoms with Crippen LogP contribution in [0.2, 0.25) is 18.1 Å². The summed E-state index contributed by atoms with van der Waals surface area (Å²) in [7, 11) is -0.847. The van der Waals surface area contributed by atoms with E-state index >= 15 is 0 Å². The molecule has 0 saturated carbocycles. The second-order valence-electron chi connectivity index (χ2n) is 17.2. The molecule has 0 radical (unpaired) electrons. The molecule has 0 amide bonds. The Kier molecular flexibility index (Phi) is 22.5. The Hall–Kier alpha value is -1.81. The molecule has 3 rings (SSSR count). The number of hydrogen-bond acceptors (Lipinski definition) is 11. The van der Waals surface area contributed by atoms with E-state index in [0.29, 0.717) is 39.0 Å². The SMILES string of the molecule is CCCCOCC1O[C@@H](OC2C(OCc3ccc(OC)cc3)C(N=[N+]=[N-])[C@@H](O[Si](C)(C)C(C)(C)C(C)C)O[C@H]2C)C(OCCCC)C(OCCCC)[C@@H]1OCCCC. The van der Waals surface area contributed by atoms with Crippen LogP contribution in [0.5, 0.6) is 5.75 Å². The van der Waals surface area contributed by atoms with E-state index in [1.54, 1.807) is 7.11 Å². The Morgan fingerprint density at radius 1 is 0.759 bits per heavy atom. The Balaban J connectivity index is 2.10. The van der Waals surface area contributed by atoms with Gasteiger partial charge < -0.3 is 47.1 Å². The van der Waals surface area contributed by atoms with E-state index in [1.165, 1.54) is 0 Å². The molecule has 2 fully saturated rings. The fourth-order valence-corrected chi connectivity index (χ4v) is 9.55. The summed E-state index contributed by atoms with van der Waals surface area (Å²) in [5, 5.41) is 4.22. The zero-order valence-electron chi connectivity index (χ0n) is 38.0. The maximum Gasteiger partial charge on any atom is 0.196 e. The number of hydrogen-bond donors (Lipinski definition) is 0. The molecule has 0 spiro atoms. The monoisotopic (exact) mass is 838 g/mol. The molecule has 1 aromatic rings. The highest BCUT2D eigenvalue weighted by Gasteiger charge is 2.55. The molecule has 334 valence electrons. The van der Waals surface area contributed by atoms with Crippen LogP contribution in [0.25, 0.3) is 10.4 Å². The van der Waals surface area contributed by atoms with Gasteiger partial charge in [-0.25, -0.2) is 0 Å². The van der Waals surface area contributed by atoms with E-state index in [0.717, 1.165) is 62.7 Å². The first-order valence-electron chi connectivity index (χ1n) is 22.1. The Morgan fingerprint density at radius 3 is 1.88 bits per heavy atom. The normalized spacial score (nSPS) is 28.1. The van der Waals surface area contributed by atoms with Crippen LogP contribution < -0.4 is 4.74 Å². The third-order valence-electron chi connectivity index (χ3n) is 12.2. The van der Waals surface area contributed by atoms with Gasteiger partial charge in [0.2, 0.25) is 0 Å². The average Bonchev–Trinajstić information content (AvgIpc) is 3.19. The number of benzene rings is 1. The first-order valence-corrected chi connectivity index (χ1v) is 25.1. The number of nitrogens with zero attached hydrogens (tertiary/aromatic N) is 3. The molecular weight excluding hydrogens is 759 g/mol. The van der Waals surface area contributed by atoms with Gasteiger partial charge in [0.15, 0.2) is 20.9 Å². The van der Waals surface area contributed by atoms with E-state index in [2.05, 4.69) is 78.5 Å². The highest BCUT2D eigenvalue weighted by molar-refractivity contribution is 6.74. The minimum Gasteiger partial charge on any atom is -0.497 e. The summed E-state index contributed by atoms with van der Waals surface area (Å²) >= 11 is 0. The van der Waals surface area contributed by atoms with Crippen LogP contribution >= 0.6 is 0 Å². The van der Waals surface area contributed by atoms with Crippen molar-refractivity contribution in [2.45, 2.75) is 200 Å². The van der Waals surface area contributed by atoms with Crippen molar-refractivity contribution in [3.05, 3.63) is 40.3 Å². The van der Waals surface area contributed by atoms with Crippen LogP contribution in [0.4, 0.5) is 0 Å². The molecule has 1 aromatic carbocycles. The van der Waals surface area contributed by atoms with Gasteiger partial charge in [0.1, 0.15) is 48.4 Å². The Bertz CT molecular complexity index is 1320. The summed E-state index contributed by atoms with van der Waals surface area (Å²) in [6, 6.07) is 6.82. The van der Waals surface area contributed by atoms with Crippen molar-refractivity contribution in [1.82, 2.24) is 0 Å². The number of unbranched alkanes of at least 4 members (excludes halogenated alkanes) is 4. The lowest BCUT2D eigenvalue weighted by Gasteiger charge is -2.51. The second kappa shape index (κ2) is 25.8. The van der Waals surface area contributed by atoms with Gasteiger partial charge in [-0.1, -0.05) is 98.3 Å². The van der Waals surface area contributed by atoms with E-state index in [9.17, 15) is 5.53 Å². The van der Waals surface area contributed by atoms with Gasteiger partial charge in [-0.05, 0) is 79.9 Å². The number of methoxy groups -OCH3 is 1. The molecule has 2 aliphatic heterocycles. The van der Waals surface area contributed by atoms with Crippen molar-refractivity contribution in [2.75, 3.05) is 40.1 Å². The molecule has 58 heavy (non-hydrogen) atoms. The highest BCUT2D eigenvalue weighted by Crippen LogP contribution is 2.46. The molecule has 2 heterocycles. The highest BCUT2D eigenvalue weighted by atomic mass is 28.4. The lowest BCUT2D eigenvalue weighted by molar-refractivity contribution is -0.356. The number of ether oxygens (including phenoxy) is 9. The van der Waals surface area contributed by atoms with Crippen molar-refractivity contribution in [3.63, 3.8) is 0 Å². The fourth-order valence-electron chi connectivity index (χ4n) is 7.08. The van der Waals surface area contributed by atoms with E-state index in [1.807, 2.05) is 31.2 Å². The summed E-state index contributed by atoms with van der Waals surface area (Å²) in [5.74, 6) is 1.09. The maximum atomic E-state index is 10.0. The summed E-state index contributed by atoms with van der Waals surface area (Å²) in [6.45, 7) is 26.5. The quantitative estimate of drug-likeness (QED) is 0.0263. The van der Waals surface area contributed by atoms with Crippen LogP contribution in [0, 0.1) is 5.92 Å². The van der Waals surface area contributed by atoms with Gasteiger partial charge in [0.05, 0.1) is 26.4 Å². The van der Waals surface area contributed by atoms with E-state index in [-0.39, 0.29) is 11.6 Å². The summed E-state index contributed by atoms with van der Waals surface area (Å²) in [6.07, 6.45) is 1.62. The predicted molar refractivity (Wildman–Crippen MR) is 229 cm³/mol. The van der Waals surface area contributed by atoms with Crippen LogP contribution in [0.1, 0.15) is 119 Å². The van der Waals surface area contributed by atoms with Crippen molar-refractivity contribution >= 4 is 8.32 Å². The topological polar surface area (TPSA) is 141 Å². The molecule has 0 N–H and O–H groups in total.